The van der Waals surface area contributed by atoms with Gasteiger partial charge in [0.05, 0.1) is 24.0 Å². The van der Waals surface area contributed by atoms with Gasteiger partial charge in [0.1, 0.15) is 5.75 Å². The molecule has 1 aromatic rings. The summed E-state index contributed by atoms with van der Waals surface area (Å²) < 4.78 is 78.7. The first kappa shape index (κ1) is 19.9. The van der Waals surface area contributed by atoms with E-state index in [0.717, 1.165) is 0 Å². The highest BCUT2D eigenvalue weighted by molar-refractivity contribution is 7.93. The first-order valence-electron chi connectivity index (χ1n) is 7.33. The standard InChI is InChI=1S/C14H19BF3NO5S/c1-12(2)13(3,4)24-15(23-12)9-6-7-11(22-5)10(8-9)19-25(20,21)14(16,17)18/h6-8,19H,1-5H3. The molecule has 0 atom stereocenters. The Balaban J connectivity index is 2.39. The van der Waals surface area contributed by atoms with Crippen molar-refractivity contribution in [3.63, 3.8) is 0 Å². The molecule has 6 nitrogen and oxygen atoms in total. The maximum Gasteiger partial charge on any atom is 0.516 e. The van der Waals surface area contributed by atoms with E-state index in [1.165, 1.54) is 30.0 Å². The van der Waals surface area contributed by atoms with Crippen LogP contribution in [0.2, 0.25) is 0 Å². The number of alkyl halides is 3. The minimum Gasteiger partial charge on any atom is -0.495 e. The second kappa shape index (κ2) is 6.06. The highest BCUT2D eigenvalue weighted by Crippen LogP contribution is 2.37. The van der Waals surface area contributed by atoms with Crippen molar-refractivity contribution in [3.8, 4) is 5.75 Å². The molecule has 1 aliphatic rings. The zero-order chi connectivity index (χ0) is 19.3. The number of halogens is 3. The fraction of sp³-hybridized carbons (Fsp3) is 0.571. The molecule has 1 heterocycles. The van der Waals surface area contributed by atoms with Crippen LogP contribution < -0.4 is 14.9 Å². The summed E-state index contributed by atoms with van der Waals surface area (Å²) in [5.41, 5.74) is -6.74. The quantitative estimate of drug-likeness (QED) is 0.810. The first-order chi connectivity index (χ1) is 11.2. The summed E-state index contributed by atoms with van der Waals surface area (Å²) in [6.45, 7) is 7.29. The molecule has 0 unspecified atom stereocenters. The molecule has 2 rings (SSSR count). The van der Waals surface area contributed by atoms with Gasteiger partial charge in [-0.05, 0) is 45.3 Å². The van der Waals surface area contributed by atoms with Crippen molar-refractivity contribution in [1.29, 1.82) is 0 Å². The monoisotopic (exact) mass is 381 g/mol. The van der Waals surface area contributed by atoms with Gasteiger partial charge >= 0.3 is 22.7 Å². The maximum absolute atomic E-state index is 12.6. The van der Waals surface area contributed by atoms with Crippen LogP contribution in [0, 0.1) is 0 Å². The second-order valence-electron chi connectivity index (χ2n) is 6.60. The third-order valence-corrected chi connectivity index (χ3v) is 5.40. The van der Waals surface area contributed by atoms with Crippen LogP contribution in [0.25, 0.3) is 0 Å². The van der Waals surface area contributed by atoms with Crippen LogP contribution in [0.15, 0.2) is 18.2 Å². The van der Waals surface area contributed by atoms with E-state index in [2.05, 4.69) is 0 Å². The van der Waals surface area contributed by atoms with Crippen LogP contribution in [-0.2, 0) is 19.3 Å². The number of benzene rings is 1. The summed E-state index contributed by atoms with van der Waals surface area (Å²) in [6.07, 6.45) is 0. The Bertz CT molecular complexity index is 748. The molecule has 0 aliphatic carbocycles. The number of anilines is 1. The number of methoxy groups -OCH3 is 1. The Hall–Kier alpha value is -1.46. The van der Waals surface area contributed by atoms with E-state index < -0.39 is 33.9 Å². The molecular weight excluding hydrogens is 362 g/mol. The van der Waals surface area contributed by atoms with E-state index in [9.17, 15) is 21.6 Å². The molecule has 1 N–H and O–H groups in total. The largest absolute Gasteiger partial charge is 0.516 e. The van der Waals surface area contributed by atoms with Gasteiger partial charge < -0.3 is 14.0 Å². The van der Waals surface area contributed by atoms with Gasteiger partial charge in [-0.15, -0.1) is 0 Å². The van der Waals surface area contributed by atoms with Gasteiger partial charge in [-0.25, -0.2) is 0 Å². The van der Waals surface area contributed by atoms with Crippen molar-refractivity contribution in [3.05, 3.63) is 18.2 Å². The molecule has 1 aliphatic heterocycles. The summed E-state index contributed by atoms with van der Waals surface area (Å²) in [6, 6.07) is 4.07. The third kappa shape index (κ3) is 3.72. The molecule has 1 aromatic carbocycles. The zero-order valence-corrected chi connectivity index (χ0v) is 15.2. The van der Waals surface area contributed by atoms with Gasteiger partial charge in [0.15, 0.2) is 0 Å². The average Bonchev–Trinajstić information content (AvgIpc) is 2.65. The summed E-state index contributed by atoms with van der Waals surface area (Å²) in [7, 11) is -5.22. The van der Waals surface area contributed by atoms with Gasteiger partial charge in [-0.3, -0.25) is 4.72 Å². The lowest BCUT2D eigenvalue weighted by Gasteiger charge is -2.32. The fourth-order valence-corrected chi connectivity index (χ4v) is 2.70. The van der Waals surface area contributed by atoms with Crippen LogP contribution in [0.1, 0.15) is 27.7 Å². The molecule has 140 valence electrons. The van der Waals surface area contributed by atoms with Gasteiger partial charge in [0, 0.05) is 0 Å². The predicted octanol–water partition coefficient (Wildman–Crippen LogP) is 2.26. The minimum absolute atomic E-state index is 0.0620. The van der Waals surface area contributed by atoms with E-state index in [1.807, 2.05) is 27.7 Å². The number of sulfonamides is 1. The minimum atomic E-state index is -5.58. The molecule has 1 saturated heterocycles. The van der Waals surface area contributed by atoms with Crippen LogP contribution >= 0.6 is 0 Å². The van der Waals surface area contributed by atoms with E-state index in [4.69, 9.17) is 14.0 Å². The number of rotatable bonds is 4. The van der Waals surface area contributed by atoms with Crippen LogP contribution in [0.4, 0.5) is 18.9 Å². The summed E-state index contributed by atoms with van der Waals surface area (Å²) in [5, 5.41) is 0. The van der Waals surface area contributed by atoms with Crippen molar-refractivity contribution in [2.45, 2.75) is 44.4 Å². The number of hydrogen-bond acceptors (Lipinski definition) is 5. The van der Waals surface area contributed by atoms with Gasteiger partial charge in [0.25, 0.3) is 0 Å². The lowest BCUT2D eigenvalue weighted by Crippen LogP contribution is -2.41. The zero-order valence-electron chi connectivity index (χ0n) is 14.4. The topological polar surface area (TPSA) is 73.9 Å². The summed E-state index contributed by atoms with van der Waals surface area (Å²) in [4.78, 5) is 0. The first-order valence-corrected chi connectivity index (χ1v) is 8.81. The smallest absolute Gasteiger partial charge is 0.495 e. The van der Waals surface area contributed by atoms with Crippen LogP contribution in [0.3, 0.4) is 0 Å². The van der Waals surface area contributed by atoms with Crippen LogP contribution in [-0.4, -0.2) is 39.4 Å². The molecular formula is C14H19BF3NO5S. The lowest BCUT2D eigenvalue weighted by molar-refractivity contribution is -0.0429. The Morgan fingerprint density at radius 3 is 2.08 bits per heavy atom. The highest BCUT2D eigenvalue weighted by atomic mass is 32.2. The van der Waals surface area contributed by atoms with Gasteiger partial charge in [-0.1, -0.05) is 6.07 Å². The second-order valence-corrected chi connectivity index (χ2v) is 8.27. The van der Waals surface area contributed by atoms with Crippen molar-refractivity contribution < 1.29 is 35.6 Å². The Labute approximate surface area is 144 Å². The molecule has 0 spiro atoms. The molecule has 0 radical (unpaired) electrons. The summed E-state index contributed by atoms with van der Waals surface area (Å²) in [5.74, 6) is -0.0620. The molecule has 0 saturated carbocycles. The predicted molar refractivity (Wildman–Crippen MR) is 87.3 cm³/mol. The summed E-state index contributed by atoms with van der Waals surface area (Å²) >= 11 is 0. The maximum atomic E-state index is 12.6. The number of nitrogens with one attached hydrogen (secondary N) is 1. The van der Waals surface area contributed by atoms with E-state index in [1.54, 1.807) is 0 Å². The molecule has 11 heteroatoms. The average molecular weight is 381 g/mol. The Kier molecular flexibility index (Phi) is 4.82. The lowest BCUT2D eigenvalue weighted by atomic mass is 9.79. The third-order valence-electron chi connectivity index (χ3n) is 4.30. The fourth-order valence-electron chi connectivity index (χ4n) is 2.13. The van der Waals surface area contributed by atoms with E-state index >= 15 is 0 Å². The molecule has 1 fully saturated rings. The van der Waals surface area contributed by atoms with Crippen molar-refractivity contribution in [2.75, 3.05) is 11.8 Å². The van der Waals surface area contributed by atoms with E-state index in [0.29, 0.717) is 5.46 Å². The van der Waals surface area contributed by atoms with Gasteiger partial charge in [0.2, 0.25) is 0 Å². The highest BCUT2D eigenvalue weighted by Gasteiger charge is 2.52. The van der Waals surface area contributed by atoms with Crippen molar-refractivity contribution in [1.82, 2.24) is 0 Å². The van der Waals surface area contributed by atoms with Crippen LogP contribution in [0.5, 0.6) is 5.75 Å². The molecule has 0 bridgehead atoms. The number of ether oxygens (including phenoxy) is 1. The number of hydrogen-bond donors (Lipinski definition) is 1. The van der Waals surface area contributed by atoms with Gasteiger partial charge in [-0.2, -0.15) is 21.6 Å². The molecule has 0 amide bonds. The van der Waals surface area contributed by atoms with Crippen molar-refractivity contribution >= 4 is 28.3 Å². The molecule has 0 aromatic heterocycles. The van der Waals surface area contributed by atoms with Crippen molar-refractivity contribution in [2.24, 2.45) is 0 Å². The Morgan fingerprint density at radius 2 is 1.64 bits per heavy atom. The SMILES string of the molecule is COc1ccc(B2OC(C)(C)C(C)(C)O2)cc1NS(=O)(=O)C(F)(F)F. The normalized spacial score (nSPS) is 19.8. The molecule has 25 heavy (non-hydrogen) atoms. The Morgan fingerprint density at radius 1 is 1.12 bits per heavy atom. The van der Waals surface area contributed by atoms with E-state index in [-0.39, 0.29) is 11.4 Å².